The normalized spacial score (nSPS) is 0. The van der Waals surface area contributed by atoms with Crippen molar-refractivity contribution < 1.29 is 416 Å². The maximum absolute atomic E-state index is 0. The quantitative estimate of drug-likeness (QED) is 0.299. The van der Waals surface area contributed by atoms with Crippen molar-refractivity contribution in [2.24, 2.45) is 0 Å². The van der Waals surface area contributed by atoms with E-state index < -0.39 is 0 Å². The zero-order valence-corrected chi connectivity index (χ0v) is 54.8. The Balaban J connectivity index is 0. The molecule has 0 nitrogen and oxygen atoms in total. The summed E-state index contributed by atoms with van der Waals surface area (Å²) >= 11 is 0. The van der Waals surface area contributed by atoms with Gasteiger partial charge in [0.25, 0.3) is 0 Å². The molecule has 0 fully saturated rings. The molecule has 0 saturated heterocycles. The van der Waals surface area contributed by atoms with E-state index in [0.29, 0.717) is 0 Å². The molecule has 0 heterocycles. The van der Waals surface area contributed by atoms with E-state index in [2.05, 4.69) is 0 Å². The Morgan fingerprint density at radius 1 is 0.200 bits per heavy atom. The molecule has 0 atom stereocenters. The Labute approximate surface area is 404 Å². The molecule has 0 spiro atoms. The molecular formula is Mo4Ti3V3W10. The molecule has 0 bridgehead atoms. The minimum atomic E-state index is 0. The van der Waals surface area contributed by atoms with Crippen LogP contribution in [0.5, 0.6) is 0 Å². The zero-order chi connectivity index (χ0) is 0. The molecule has 0 N–H and O–H groups in total. The van der Waals surface area contributed by atoms with E-state index in [1.165, 1.54) is 0 Å². The van der Waals surface area contributed by atoms with E-state index in [4.69, 9.17) is 0 Å². The molecule has 0 aromatic heterocycles. The van der Waals surface area contributed by atoms with E-state index in [0.717, 1.165) is 0 Å². The van der Waals surface area contributed by atoms with Crippen molar-refractivity contribution in [1.29, 1.82) is 0 Å². The van der Waals surface area contributed by atoms with E-state index >= 15 is 0 Å². The second-order valence-corrected chi connectivity index (χ2v) is 0. The van der Waals surface area contributed by atoms with Gasteiger partial charge in [-0.15, -0.1) is 0 Å². The Morgan fingerprint density at radius 3 is 0.200 bits per heavy atom. The van der Waals surface area contributed by atoms with E-state index in [1.54, 1.807) is 0 Å². The topological polar surface area (TPSA) is 0 Å². The van der Waals surface area contributed by atoms with Gasteiger partial charge in [-0.3, -0.25) is 0 Å². The summed E-state index contributed by atoms with van der Waals surface area (Å²) < 4.78 is 0. The Morgan fingerprint density at radius 2 is 0.200 bits per heavy atom. The second kappa shape index (κ2) is 177. The first kappa shape index (κ1) is 194. The van der Waals surface area contributed by atoms with Crippen LogP contribution in [-0.2, 0) is 416 Å². The summed E-state index contributed by atoms with van der Waals surface area (Å²) in [5, 5.41) is 0. The molecule has 0 rings (SSSR count). The second-order valence-electron chi connectivity index (χ2n) is 0. The van der Waals surface area contributed by atoms with Crippen LogP contribution in [0, 0.1) is 0 Å². The van der Waals surface area contributed by atoms with Crippen molar-refractivity contribution in [3.63, 3.8) is 0 Å². The fourth-order valence-corrected chi connectivity index (χ4v) is 0. The van der Waals surface area contributed by atoms with Gasteiger partial charge >= 0.3 is 0 Å². The molecule has 0 aliphatic carbocycles. The van der Waals surface area contributed by atoms with Crippen LogP contribution >= 0.6 is 0 Å². The average Bonchev–Trinajstić information content (AvgIpc) is 0. The van der Waals surface area contributed by atoms with Crippen LogP contribution in [0.15, 0.2) is 0 Å². The standard InChI is InChI=1S/4Mo.3Ti.3V.10W. The summed E-state index contributed by atoms with van der Waals surface area (Å²) in [5.41, 5.74) is 0. The molecule has 0 aromatic carbocycles. The van der Waals surface area contributed by atoms with Gasteiger partial charge in [-0.1, -0.05) is 0 Å². The van der Waals surface area contributed by atoms with E-state index in [-0.39, 0.29) is 416 Å². The van der Waals surface area contributed by atoms with Crippen LogP contribution in [0.3, 0.4) is 0 Å². The zero-order valence-electron chi connectivity index (χ0n) is 8.56. The van der Waals surface area contributed by atoms with E-state index in [9.17, 15) is 0 Å². The summed E-state index contributed by atoms with van der Waals surface area (Å²) in [6, 6.07) is 0. The van der Waals surface area contributed by atoms with Crippen LogP contribution in [-0.4, -0.2) is 0 Å². The summed E-state index contributed by atoms with van der Waals surface area (Å²) in [5.74, 6) is 0. The van der Waals surface area contributed by atoms with Crippen LogP contribution in [0.1, 0.15) is 0 Å². The van der Waals surface area contributed by atoms with Crippen LogP contribution in [0.2, 0.25) is 0 Å². The predicted molar refractivity (Wildman–Crippen MR) is 0 cm³/mol. The molecule has 0 unspecified atom stereocenters. The maximum atomic E-state index is 0. The van der Waals surface area contributed by atoms with Crippen LogP contribution in [0.25, 0.3) is 0 Å². The van der Waals surface area contributed by atoms with Gasteiger partial charge in [-0.05, 0) is 0 Å². The van der Waals surface area contributed by atoms with Crippen LogP contribution < -0.4 is 0 Å². The summed E-state index contributed by atoms with van der Waals surface area (Å²) in [4.78, 5) is 0. The first-order valence-corrected chi connectivity index (χ1v) is 0. The molecule has 0 amide bonds. The Hall–Kier alpha value is 13.5. The molecule has 0 aromatic rings. The minimum absolute atomic E-state index is 0. The molecule has 3 radical (unpaired) electrons. The number of rotatable bonds is 0. The smallest absolute Gasteiger partial charge is 0 e. The largest absolute Gasteiger partial charge is 0 e. The first-order valence-electron chi connectivity index (χ1n) is 0. The molecule has 0 aliphatic heterocycles. The third kappa shape index (κ3) is 161. The van der Waals surface area contributed by atoms with Gasteiger partial charge in [0.1, 0.15) is 0 Å². The molecule has 20 heteroatoms. The monoisotopic (exact) mass is 2530 g/mol. The average molecular weight is 2520 g/mol. The SMILES string of the molecule is [Mo].[Mo].[Mo].[Mo].[Ti].[Ti].[Ti].[V].[V].[V].[W].[W].[W].[W].[W].[W].[W].[W].[W].[W]. The Kier molecular flexibility index (Phi) is 1710. The maximum Gasteiger partial charge on any atom is 0 e. The van der Waals surface area contributed by atoms with Gasteiger partial charge in [-0.25, -0.2) is 0 Å². The van der Waals surface area contributed by atoms with Crippen molar-refractivity contribution in [2.75, 3.05) is 0 Å². The van der Waals surface area contributed by atoms with Gasteiger partial charge in [0, 0.05) is 416 Å². The third-order valence-electron chi connectivity index (χ3n) is 0. The van der Waals surface area contributed by atoms with Crippen molar-refractivity contribution >= 4 is 0 Å². The van der Waals surface area contributed by atoms with Gasteiger partial charge in [0.15, 0.2) is 0 Å². The summed E-state index contributed by atoms with van der Waals surface area (Å²) in [6.45, 7) is 0. The minimum Gasteiger partial charge on any atom is 0 e. The molecule has 111 valence electrons. The summed E-state index contributed by atoms with van der Waals surface area (Å²) in [6.07, 6.45) is 0. The number of hydrogen-bond donors (Lipinski definition) is 0. The van der Waals surface area contributed by atoms with Gasteiger partial charge in [0.2, 0.25) is 0 Å². The van der Waals surface area contributed by atoms with Gasteiger partial charge < -0.3 is 0 Å². The summed E-state index contributed by atoms with van der Waals surface area (Å²) in [7, 11) is 0. The predicted octanol–water partition coefficient (Wildman–Crippen LogP) is -0.0500. The fraction of sp³-hybridized carbons (Fsp3) is 0. The number of hydrogen-bond acceptors (Lipinski definition) is 0. The van der Waals surface area contributed by atoms with Gasteiger partial charge in [-0.2, -0.15) is 0 Å². The van der Waals surface area contributed by atoms with Gasteiger partial charge in [0.05, 0.1) is 0 Å². The first-order chi connectivity index (χ1) is 0. The van der Waals surface area contributed by atoms with Crippen molar-refractivity contribution in [3.05, 3.63) is 0 Å². The van der Waals surface area contributed by atoms with Crippen molar-refractivity contribution in [3.8, 4) is 0 Å². The molecule has 20 heavy (non-hydrogen) atoms. The third-order valence-corrected chi connectivity index (χ3v) is 0. The van der Waals surface area contributed by atoms with Crippen molar-refractivity contribution in [2.45, 2.75) is 0 Å². The Bertz CT molecular complexity index is 35.7. The molecular weight excluding hydrogens is 2520 g/mol. The van der Waals surface area contributed by atoms with Crippen molar-refractivity contribution in [1.82, 2.24) is 0 Å². The van der Waals surface area contributed by atoms with E-state index in [1.807, 2.05) is 0 Å². The van der Waals surface area contributed by atoms with Crippen LogP contribution in [0.4, 0.5) is 0 Å². The molecule has 0 aliphatic rings. The molecule has 0 saturated carbocycles. The fourth-order valence-electron chi connectivity index (χ4n) is 0.